The summed E-state index contributed by atoms with van der Waals surface area (Å²) in [6.07, 6.45) is 0. The fraction of sp³-hybridized carbons (Fsp3) is 0.300. The van der Waals surface area contributed by atoms with Crippen LogP contribution in [0.3, 0.4) is 0 Å². The third-order valence-corrected chi connectivity index (χ3v) is 5.19. The molecule has 2 heterocycles. The van der Waals surface area contributed by atoms with Crippen molar-refractivity contribution in [3.8, 4) is 0 Å². The summed E-state index contributed by atoms with van der Waals surface area (Å²) in [6, 6.07) is 13.6. The van der Waals surface area contributed by atoms with E-state index in [0.717, 1.165) is 28.2 Å². The van der Waals surface area contributed by atoms with Gasteiger partial charge in [0.2, 0.25) is 5.91 Å². The predicted octanol–water partition coefficient (Wildman–Crippen LogP) is 4.73. The maximum Gasteiger partial charge on any atom is 0.247 e. The summed E-state index contributed by atoms with van der Waals surface area (Å²) >= 11 is 6.18. The minimum Gasteiger partial charge on any atom is -0.314 e. The Balaban J connectivity index is 2.13. The molecule has 1 unspecified atom stereocenters. The van der Waals surface area contributed by atoms with Crippen LogP contribution in [0.15, 0.2) is 47.5 Å². The summed E-state index contributed by atoms with van der Waals surface area (Å²) in [4.78, 5) is 20.1. The number of nitrogens with zero attached hydrogens (tertiary/aromatic N) is 2. The van der Waals surface area contributed by atoms with Crippen molar-refractivity contribution in [2.45, 2.75) is 26.2 Å². The number of anilines is 1. The summed E-state index contributed by atoms with van der Waals surface area (Å²) in [5.74, 6) is 0.0541. The van der Waals surface area contributed by atoms with E-state index in [-0.39, 0.29) is 11.3 Å². The van der Waals surface area contributed by atoms with Crippen molar-refractivity contribution in [3.63, 3.8) is 0 Å². The highest BCUT2D eigenvalue weighted by Crippen LogP contribution is 2.55. The van der Waals surface area contributed by atoms with Crippen LogP contribution in [0.1, 0.15) is 31.9 Å². The normalized spacial score (nSPS) is 22.0. The van der Waals surface area contributed by atoms with Crippen LogP contribution in [0.5, 0.6) is 0 Å². The number of carbonyl (C=O) groups excluding carboxylic acids is 1. The molecule has 24 heavy (non-hydrogen) atoms. The molecule has 4 rings (SSSR count). The van der Waals surface area contributed by atoms with Crippen LogP contribution in [0.2, 0.25) is 5.02 Å². The molecular weight excluding hydrogens is 320 g/mol. The number of benzene rings is 2. The Morgan fingerprint density at radius 1 is 1.08 bits per heavy atom. The molecule has 0 saturated carbocycles. The smallest absolute Gasteiger partial charge is 0.247 e. The Hall–Kier alpha value is -2.13. The Bertz CT molecular complexity index is 910. The average Bonchev–Trinajstić information content (AvgIpc) is 2.98. The third-order valence-electron chi connectivity index (χ3n) is 4.96. The lowest BCUT2D eigenvalue weighted by molar-refractivity contribution is -0.119. The number of hydrogen-bond donors (Lipinski definition) is 0. The summed E-state index contributed by atoms with van der Waals surface area (Å²) in [6.45, 7) is 6.32. The topological polar surface area (TPSA) is 32.7 Å². The summed E-state index contributed by atoms with van der Waals surface area (Å²) in [5, 5.41) is 0.634. The molecule has 0 saturated heterocycles. The fourth-order valence-corrected chi connectivity index (χ4v) is 4.19. The van der Waals surface area contributed by atoms with Crippen molar-refractivity contribution in [3.05, 3.63) is 58.6 Å². The van der Waals surface area contributed by atoms with Gasteiger partial charge in [-0.2, -0.15) is 0 Å². The molecule has 122 valence electrons. The number of likely N-dealkylation sites (N-methyl/N-ethyl adjacent to an activating group) is 1. The number of para-hydroxylation sites is 1. The number of halogens is 1. The highest BCUT2D eigenvalue weighted by atomic mass is 35.5. The highest BCUT2D eigenvalue weighted by Gasteiger charge is 2.60. The van der Waals surface area contributed by atoms with Gasteiger partial charge in [0, 0.05) is 40.0 Å². The molecule has 3 nitrogen and oxygen atoms in total. The minimum atomic E-state index is -0.844. The van der Waals surface area contributed by atoms with E-state index in [0.29, 0.717) is 5.02 Å². The zero-order chi connectivity index (χ0) is 17.3. The van der Waals surface area contributed by atoms with Gasteiger partial charge >= 0.3 is 0 Å². The first-order valence-electron chi connectivity index (χ1n) is 8.05. The molecule has 2 aromatic rings. The molecule has 0 aromatic heterocycles. The van der Waals surface area contributed by atoms with Crippen molar-refractivity contribution in [1.82, 2.24) is 0 Å². The molecule has 2 aliphatic heterocycles. The summed E-state index contributed by atoms with van der Waals surface area (Å²) < 4.78 is 0. The molecule has 1 spiro atoms. The monoisotopic (exact) mass is 338 g/mol. The largest absolute Gasteiger partial charge is 0.314 e. The molecule has 0 bridgehead atoms. The molecular formula is C20H19ClN2O. The van der Waals surface area contributed by atoms with Crippen LogP contribution in [-0.4, -0.2) is 18.7 Å². The SMILES string of the molecule is CN1C(=O)C2(C(C(C)(C)C)=Nc3cc(Cl)ccc32)c2ccccc21. The number of aliphatic imine (C=N–C) groups is 1. The Kier molecular flexibility index (Phi) is 3.02. The van der Waals surface area contributed by atoms with E-state index < -0.39 is 5.41 Å². The average molecular weight is 339 g/mol. The molecule has 0 radical (unpaired) electrons. The van der Waals surface area contributed by atoms with Gasteiger partial charge in [-0.1, -0.05) is 56.6 Å². The zero-order valence-corrected chi connectivity index (χ0v) is 15.0. The van der Waals surface area contributed by atoms with E-state index in [1.54, 1.807) is 4.90 Å². The second-order valence-corrected chi connectivity index (χ2v) is 7.94. The van der Waals surface area contributed by atoms with Crippen molar-refractivity contribution in [2.24, 2.45) is 10.4 Å². The lowest BCUT2D eigenvalue weighted by Gasteiger charge is -2.33. The standard InChI is InChI=1S/C20H19ClN2O/c1-19(2,3)17-20(13-10-9-12(21)11-15(13)22-17)14-7-5-6-8-16(14)23(4)18(20)24/h5-11H,1-4H3. The molecule has 0 aliphatic carbocycles. The summed E-state index contributed by atoms with van der Waals surface area (Å²) in [7, 11) is 1.84. The fourth-order valence-electron chi connectivity index (χ4n) is 4.02. The Labute approximate surface area is 147 Å². The lowest BCUT2D eigenvalue weighted by atomic mass is 9.66. The molecule has 4 heteroatoms. The molecule has 0 fully saturated rings. The van der Waals surface area contributed by atoms with Gasteiger partial charge in [0.05, 0.1) is 5.69 Å². The number of hydrogen-bond acceptors (Lipinski definition) is 2. The van der Waals surface area contributed by atoms with Gasteiger partial charge in [-0.15, -0.1) is 0 Å². The molecule has 2 aliphatic rings. The zero-order valence-electron chi connectivity index (χ0n) is 14.2. The molecule has 2 aromatic carbocycles. The quantitative estimate of drug-likeness (QED) is 0.683. The van der Waals surface area contributed by atoms with Crippen LogP contribution in [0, 0.1) is 5.41 Å². The van der Waals surface area contributed by atoms with E-state index >= 15 is 0 Å². The van der Waals surface area contributed by atoms with E-state index in [9.17, 15) is 4.79 Å². The summed E-state index contributed by atoms with van der Waals surface area (Å²) in [5.41, 5.74) is 3.47. The first-order valence-corrected chi connectivity index (χ1v) is 8.43. The Morgan fingerprint density at radius 2 is 1.79 bits per heavy atom. The van der Waals surface area contributed by atoms with Crippen molar-refractivity contribution in [1.29, 1.82) is 0 Å². The van der Waals surface area contributed by atoms with Gasteiger partial charge in [0.15, 0.2) is 0 Å². The van der Waals surface area contributed by atoms with Gasteiger partial charge in [-0.3, -0.25) is 9.79 Å². The van der Waals surface area contributed by atoms with Gasteiger partial charge in [-0.05, 0) is 18.2 Å². The maximum atomic E-state index is 13.5. The van der Waals surface area contributed by atoms with E-state index in [1.807, 2.05) is 49.5 Å². The number of fused-ring (bicyclic) bond motifs is 4. The van der Waals surface area contributed by atoms with Crippen LogP contribution in [0.4, 0.5) is 11.4 Å². The van der Waals surface area contributed by atoms with Crippen molar-refractivity contribution < 1.29 is 4.79 Å². The van der Waals surface area contributed by atoms with Crippen LogP contribution in [-0.2, 0) is 10.2 Å². The van der Waals surface area contributed by atoms with E-state index in [4.69, 9.17) is 16.6 Å². The van der Waals surface area contributed by atoms with Gasteiger partial charge in [-0.25, -0.2) is 0 Å². The van der Waals surface area contributed by atoms with Gasteiger partial charge in [0.1, 0.15) is 5.41 Å². The molecule has 1 amide bonds. The van der Waals surface area contributed by atoms with Gasteiger partial charge < -0.3 is 4.90 Å². The van der Waals surface area contributed by atoms with E-state index in [1.165, 1.54) is 0 Å². The van der Waals surface area contributed by atoms with Crippen LogP contribution < -0.4 is 4.90 Å². The van der Waals surface area contributed by atoms with Gasteiger partial charge in [0.25, 0.3) is 0 Å². The van der Waals surface area contributed by atoms with Crippen molar-refractivity contribution >= 4 is 34.6 Å². The Morgan fingerprint density at radius 3 is 2.50 bits per heavy atom. The second-order valence-electron chi connectivity index (χ2n) is 7.50. The minimum absolute atomic E-state index is 0.0541. The highest BCUT2D eigenvalue weighted by molar-refractivity contribution is 6.32. The van der Waals surface area contributed by atoms with Crippen LogP contribution >= 0.6 is 11.6 Å². The number of carbonyl (C=O) groups is 1. The third kappa shape index (κ3) is 1.73. The predicted molar refractivity (Wildman–Crippen MR) is 98.6 cm³/mol. The maximum absolute atomic E-state index is 13.5. The second kappa shape index (κ2) is 4.70. The first kappa shape index (κ1) is 15.4. The van der Waals surface area contributed by atoms with Crippen LogP contribution in [0.25, 0.3) is 0 Å². The lowest BCUT2D eigenvalue weighted by Crippen LogP contribution is -2.48. The first-order chi connectivity index (χ1) is 11.3. The molecule has 1 atom stereocenters. The van der Waals surface area contributed by atoms with E-state index in [2.05, 4.69) is 20.8 Å². The van der Waals surface area contributed by atoms with Crippen molar-refractivity contribution in [2.75, 3.05) is 11.9 Å². The number of amides is 1. The molecule has 0 N–H and O–H groups in total. The number of rotatable bonds is 0.